The number of aromatic amines is 1. The lowest BCUT2D eigenvalue weighted by atomic mass is 9.80. The second-order valence-corrected chi connectivity index (χ2v) is 23.4. The topological polar surface area (TPSA) is 132 Å². The van der Waals surface area contributed by atoms with Gasteiger partial charge in [0.1, 0.15) is 43.5 Å². The fraction of sp³-hybridized carbons (Fsp3) is 0.358. The van der Waals surface area contributed by atoms with Crippen molar-refractivity contribution >= 4 is 27.0 Å². The summed E-state index contributed by atoms with van der Waals surface area (Å²) >= 11 is 0. The molecule has 7 atom stereocenters. The van der Waals surface area contributed by atoms with Crippen molar-refractivity contribution < 1.29 is 37.5 Å². The first-order chi connectivity index (χ1) is 33.2. The maximum absolute atomic E-state index is 13.8. The molecule has 6 aromatic rings. The van der Waals surface area contributed by atoms with E-state index in [9.17, 15) is 9.59 Å². The van der Waals surface area contributed by atoms with Crippen LogP contribution in [0.2, 0.25) is 12.6 Å². The Hall–Kier alpha value is -5.25. The summed E-state index contributed by atoms with van der Waals surface area (Å²) in [6.45, 7) is 5.37. The van der Waals surface area contributed by atoms with Crippen LogP contribution in [0.15, 0.2) is 155 Å². The van der Waals surface area contributed by atoms with Crippen LogP contribution >= 0.6 is 8.53 Å². The van der Waals surface area contributed by atoms with Gasteiger partial charge in [0.25, 0.3) is 14.1 Å². The van der Waals surface area contributed by atoms with E-state index in [0.29, 0.717) is 17.1 Å². The maximum atomic E-state index is 13.8. The Morgan fingerprint density at radius 2 is 1.31 bits per heavy atom. The molecule has 9 rings (SSSR count). The van der Waals surface area contributed by atoms with Crippen LogP contribution in [0.4, 0.5) is 0 Å². The Bertz CT molecular complexity index is 2610. The summed E-state index contributed by atoms with van der Waals surface area (Å²) in [6, 6.07) is 48.5. The highest BCUT2D eigenvalue weighted by Gasteiger charge is 2.55. The highest BCUT2D eigenvalue weighted by molar-refractivity contribution is 7.45. The molecular weight excluding hydrogens is 898 g/mol. The molecule has 0 radical (unpaired) electrons. The molecule has 0 aliphatic carbocycles. The van der Waals surface area contributed by atoms with Gasteiger partial charge in [0.05, 0.1) is 40.1 Å². The van der Waals surface area contributed by atoms with Gasteiger partial charge in [-0.3, -0.25) is 14.3 Å². The molecule has 356 valence electrons. The van der Waals surface area contributed by atoms with Crippen LogP contribution < -0.4 is 31.1 Å². The quantitative estimate of drug-likeness (QED) is 0.0384. The average molecular weight is 958 g/mol. The molecule has 3 saturated heterocycles. The van der Waals surface area contributed by atoms with Crippen molar-refractivity contribution in [3.05, 3.63) is 189 Å². The predicted molar refractivity (Wildman–Crippen MR) is 265 cm³/mol. The Balaban J connectivity index is 1.12. The van der Waals surface area contributed by atoms with Crippen LogP contribution in [0.25, 0.3) is 0 Å². The van der Waals surface area contributed by atoms with E-state index in [4.69, 9.17) is 37.5 Å². The van der Waals surface area contributed by atoms with Gasteiger partial charge in [0.2, 0.25) is 0 Å². The third kappa shape index (κ3) is 9.54. The highest BCUT2D eigenvalue weighted by Crippen LogP contribution is 2.59. The third-order valence-electron chi connectivity index (χ3n) is 13.7. The molecule has 1 N–H and O–H groups in total. The number of aromatic nitrogens is 2. The van der Waals surface area contributed by atoms with E-state index in [1.54, 1.807) is 28.3 Å². The van der Waals surface area contributed by atoms with Gasteiger partial charge >= 0.3 is 5.69 Å². The van der Waals surface area contributed by atoms with Gasteiger partial charge in [-0.15, -0.1) is 0 Å². The lowest BCUT2D eigenvalue weighted by molar-refractivity contribution is -0.0991. The first kappa shape index (κ1) is 47.8. The molecular formula is C53H60N3O10PSi. The number of benzene rings is 5. The number of nitrogens with zero attached hydrogens (tertiary/aromatic N) is 2. The summed E-state index contributed by atoms with van der Waals surface area (Å²) in [6.07, 6.45) is -0.0708. The number of ether oxygens (including phenoxy) is 6. The van der Waals surface area contributed by atoms with E-state index in [1.807, 2.05) is 78.9 Å². The number of methoxy groups -OCH3 is 3. The Labute approximate surface area is 399 Å². The lowest BCUT2D eigenvalue weighted by Gasteiger charge is -2.37. The molecule has 3 fully saturated rings. The molecule has 3 aliphatic rings. The average Bonchev–Trinajstić information content (AvgIpc) is 4.09. The van der Waals surface area contributed by atoms with Crippen LogP contribution in [0, 0.1) is 6.92 Å². The molecule has 0 amide bonds. The van der Waals surface area contributed by atoms with Crippen molar-refractivity contribution in [2.75, 3.05) is 47.7 Å². The van der Waals surface area contributed by atoms with E-state index >= 15 is 0 Å². The molecule has 0 saturated carbocycles. The number of nitrogens with one attached hydrogen (secondary N) is 1. The number of H-pyrrole nitrogens is 1. The normalized spacial score (nSPS) is 22.9. The summed E-state index contributed by atoms with van der Waals surface area (Å²) in [5.41, 5.74) is 0.616. The fourth-order valence-corrected chi connectivity index (χ4v) is 16.1. The van der Waals surface area contributed by atoms with Gasteiger partial charge in [0, 0.05) is 31.5 Å². The van der Waals surface area contributed by atoms with Crippen molar-refractivity contribution in [1.82, 2.24) is 14.2 Å². The fourth-order valence-electron chi connectivity index (χ4n) is 10.1. The Morgan fingerprint density at radius 3 is 1.88 bits per heavy atom. The van der Waals surface area contributed by atoms with E-state index < -0.39 is 58.0 Å². The van der Waals surface area contributed by atoms with E-state index in [0.717, 1.165) is 42.1 Å². The van der Waals surface area contributed by atoms with Gasteiger partial charge < -0.3 is 37.5 Å². The van der Waals surface area contributed by atoms with E-state index in [1.165, 1.54) is 21.1 Å². The summed E-state index contributed by atoms with van der Waals surface area (Å²) in [4.78, 5) is 29.0. The van der Waals surface area contributed by atoms with E-state index in [-0.39, 0.29) is 32.0 Å². The van der Waals surface area contributed by atoms with Crippen molar-refractivity contribution in [3.8, 4) is 11.5 Å². The molecule has 0 spiro atoms. The second kappa shape index (κ2) is 21.2. The second-order valence-electron chi connectivity index (χ2n) is 17.8. The first-order valence-corrected chi connectivity index (χ1v) is 27.1. The molecule has 68 heavy (non-hydrogen) atoms. The Kier molecular flexibility index (Phi) is 14.9. The van der Waals surface area contributed by atoms with Gasteiger partial charge in [-0.2, -0.15) is 0 Å². The SMILES string of the molecule is COCCOC1[C@@H](O[P@]2O[C@H](C[Si](C)(c3ccccc3)c3ccccc3)[C@@H]3CCCN32)[C@@H](COC(c2ccccc2)(c2ccc(OC)cc2)c2ccc(OC)cc2)O[C@H]1n1cc(C)c(=O)[nH]c1=O. The monoisotopic (exact) mass is 957 g/mol. The zero-order valence-electron chi connectivity index (χ0n) is 39.2. The van der Waals surface area contributed by atoms with Crippen molar-refractivity contribution in [2.45, 2.75) is 74.6 Å². The lowest BCUT2D eigenvalue weighted by Crippen LogP contribution is -2.58. The van der Waals surface area contributed by atoms with Crippen LogP contribution in [0.3, 0.4) is 0 Å². The van der Waals surface area contributed by atoms with Gasteiger partial charge in [-0.1, -0.05) is 132 Å². The van der Waals surface area contributed by atoms with Gasteiger partial charge in [0.15, 0.2) is 6.23 Å². The molecule has 1 aromatic heterocycles. The Morgan fingerprint density at radius 1 is 0.735 bits per heavy atom. The first-order valence-electron chi connectivity index (χ1n) is 23.2. The molecule has 5 aromatic carbocycles. The zero-order valence-corrected chi connectivity index (χ0v) is 41.1. The van der Waals surface area contributed by atoms with Crippen LogP contribution in [0.1, 0.15) is 41.3 Å². The molecule has 15 heteroatoms. The minimum atomic E-state index is -2.33. The van der Waals surface area contributed by atoms with Crippen molar-refractivity contribution in [1.29, 1.82) is 0 Å². The van der Waals surface area contributed by atoms with Crippen molar-refractivity contribution in [2.24, 2.45) is 0 Å². The standard InChI is InChI=1S/C53H60N3O10PSi/c1-37-34-55(52(58)54-50(37)57)51-49(62-33-32-59-2)48(66-67-56-31-15-22-45(56)47(65-67)36-68(5,43-18-11-7-12-19-43)44-20-13-8-14-21-44)46(64-51)35-63-53(38-16-9-6-10-17-38,39-23-27-41(60-3)28-24-39)40-25-29-42(61-4)30-26-40/h6-14,16-21,23-30,34,45-49,51H,15,22,31-33,35-36H2,1-5H3,(H,54,57,58)/t45-,46+,47+,48-,49?,51+,67-/m0/s1. The summed E-state index contributed by atoms with van der Waals surface area (Å²) in [5.74, 6) is 1.40. The van der Waals surface area contributed by atoms with E-state index in [2.05, 4.69) is 76.9 Å². The van der Waals surface area contributed by atoms with Crippen LogP contribution in [0.5, 0.6) is 11.5 Å². The van der Waals surface area contributed by atoms with Gasteiger partial charge in [-0.25, -0.2) is 9.46 Å². The number of hydrogen-bond donors (Lipinski definition) is 1. The summed E-state index contributed by atoms with van der Waals surface area (Å²) < 4.78 is 56.3. The molecule has 4 heterocycles. The number of fused-ring (bicyclic) bond motifs is 1. The van der Waals surface area contributed by atoms with Crippen molar-refractivity contribution in [3.63, 3.8) is 0 Å². The minimum Gasteiger partial charge on any atom is -0.497 e. The highest BCUT2D eigenvalue weighted by atomic mass is 31.2. The predicted octanol–water partition coefficient (Wildman–Crippen LogP) is 7.17. The zero-order chi connectivity index (χ0) is 47.3. The van der Waals surface area contributed by atoms with Crippen LogP contribution in [-0.2, 0) is 33.6 Å². The number of hydrogen-bond acceptors (Lipinski definition) is 11. The van der Waals surface area contributed by atoms with Gasteiger partial charge in [-0.05, 0) is 66.8 Å². The molecule has 1 unspecified atom stereocenters. The molecule has 0 bridgehead atoms. The largest absolute Gasteiger partial charge is 0.497 e. The molecule has 3 aliphatic heterocycles. The maximum Gasteiger partial charge on any atom is 0.330 e. The summed E-state index contributed by atoms with van der Waals surface area (Å²) in [7, 11) is 0.916. The smallest absolute Gasteiger partial charge is 0.330 e. The number of aryl methyl sites for hydroxylation is 1. The minimum absolute atomic E-state index is 0.0155. The summed E-state index contributed by atoms with van der Waals surface area (Å²) in [5, 5.41) is 2.70. The third-order valence-corrected chi connectivity index (χ3v) is 19.9. The number of rotatable bonds is 19. The van der Waals surface area contributed by atoms with Crippen LogP contribution in [-0.4, -0.2) is 100 Å². The molecule has 13 nitrogen and oxygen atoms in total.